The van der Waals surface area contributed by atoms with Gasteiger partial charge in [-0.1, -0.05) is 48.6 Å². The summed E-state index contributed by atoms with van der Waals surface area (Å²) in [5.74, 6) is -0.164. The maximum Gasteiger partial charge on any atom is 0.257 e. The lowest BCUT2D eigenvalue weighted by Crippen LogP contribution is -2.18. The third kappa shape index (κ3) is 3.09. The minimum absolute atomic E-state index is 0.164. The highest BCUT2D eigenvalue weighted by Crippen LogP contribution is 2.33. The Balaban J connectivity index is 1.78. The Bertz CT molecular complexity index is 877. The number of anilines is 4. The first-order valence-electron chi connectivity index (χ1n) is 7.88. The van der Waals surface area contributed by atoms with Gasteiger partial charge < -0.3 is 16.0 Å². The summed E-state index contributed by atoms with van der Waals surface area (Å²) < 4.78 is 0. The number of thiocarbonyl (C=S) groups is 1. The van der Waals surface area contributed by atoms with Crippen LogP contribution < -0.4 is 16.0 Å². The molecule has 3 N–H and O–H groups in total. The SMILES string of the molecule is O=C1NC(=S)c2cc(Nc3ccccc3)c(Nc3ccccc3)cc21. The van der Waals surface area contributed by atoms with E-state index in [1.54, 1.807) is 0 Å². The van der Waals surface area contributed by atoms with Crippen LogP contribution in [0, 0.1) is 0 Å². The molecule has 0 unspecified atom stereocenters. The molecule has 5 heteroatoms. The summed E-state index contributed by atoms with van der Waals surface area (Å²) >= 11 is 5.27. The molecule has 0 fully saturated rings. The van der Waals surface area contributed by atoms with Gasteiger partial charge in [0.2, 0.25) is 0 Å². The summed E-state index contributed by atoms with van der Waals surface area (Å²) in [6, 6.07) is 23.5. The topological polar surface area (TPSA) is 53.2 Å². The van der Waals surface area contributed by atoms with Gasteiger partial charge in [-0.05, 0) is 36.4 Å². The average molecular weight is 345 g/mol. The van der Waals surface area contributed by atoms with Crippen LogP contribution >= 0.6 is 12.2 Å². The number of fused-ring (bicyclic) bond motifs is 1. The summed E-state index contributed by atoms with van der Waals surface area (Å²) in [7, 11) is 0. The Hall–Kier alpha value is -3.18. The normalized spacial score (nSPS) is 12.5. The second kappa shape index (κ2) is 6.37. The molecule has 1 heterocycles. The van der Waals surface area contributed by atoms with Crippen LogP contribution in [0.2, 0.25) is 0 Å². The van der Waals surface area contributed by atoms with E-state index in [-0.39, 0.29) is 5.91 Å². The second-order valence-corrected chi connectivity index (χ2v) is 6.12. The molecule has 4 nitrogen and oxygen atoms in total. The largest absolute Gasteiger partial charge is 0.354 e. The molecule has 4 rings (SSSR count). The Morgan fingerprint density at radius 2 is 1.20 bits per heavy atom. The van der Waals surface area contributed by atoms with Crippen LogP contribution in [0.5, 0.6) is 0 Å². The first kappa shape index (κ1) is 15.4. The number of para-hydroxylation sites is 2. The summed E-state index contributed by atoms with van der Waals surface area (Å²) in [6.07, 6.45) is 0. The van der Waals surface area contributed by atoms with E-state index < -0.39 is 0 Å². The van der Waals surface area contributed by atoms with E-state index in [0.717, 1.165) is 28.3 Å². The minimum atomic E-state index is -0.164. The zero-order chi connectivity index (χ0) is 17.2. The van der Waals surface area contributed by atoms with Gasteiger partial charge in [0, 0.05) is 16.9 Å². The highest BCUT2D eigenvalue weighted by Gasteiger charge is 2.25. The summed E-state index contributed by atoms with van der Waals surface area (Å²) in [4.78, 5) is 12.6. The smallest absolute Gasteiger partial charge is 0.257 e. The van der Waals surface area contributed by atoms with E-state index in [4.69, 9.17) is 12.2 Å². The van der Waals surface area contributed by atoms with E-state index in [1.165, 1.54) is 0 Å². The fourth-order valence-electron chi connectivity index (χ4n) is 2.77. The number of hydrogen-bond donors (Lipinski definition) is 3. The van der Waals surface area contributed by atoms with Gasteiger partial charge >= 0.3 is 0 Å². The van der Waals surface area contributed by atoms with Gasteiger partial charge in [-0.25, -0.2) is 0 Å². The van der Waals surface area contributed by atoms with Gasteiger partial charge in [0.05, 0.1) is 16.9 Å². The second-order valence-electron chi connectivity index (χ2n) is 5.71. The first-order valence-corrected chi connectivity index (χ1v) is 8.29. The molecule has 3 aromatic rings. The molecular weight excluding hydrogens is 330 g/mol. The van der Waals surface area contributed by atoms with Crippen LogP contribution in [0.3, 0.4) is 0 Å². The molecule has 25 heavy (non-hydrogen) atoms. The number of nitrogens with one attached hydrogen (secondary N) is 3. The van der Waals surface area contributed by atoms with Crippen molar-refractivity contribution in [3.8, 4) is 0 Å². The maximum absolute atomic E-state index is 12.1. The van der Waals surface area contributed by atoms with Crippen molar-refractivity contribution in [3.63, 3.8) is 0 Å². The zero-order valence-electron chi connectivity index (χ0n) is 13.2. The van der Waals surface area contributed by atoms with Crippen LogP contribution in [0.15, 0.2) is 72.8 Å². The first-order chi connectivity index (χ1) is 12.2. The summed E-state index contributed by atoms with van der Waals surface area (Å²) in [5, 5.41) is 9.47. The number of rotatable bonds is 4. The molecule has 0 radical (unpaired) electrons. The molecule has 3 aromatic carbocycles. The van der Waals surface area contributed by atoms with Crippen molar-refractivity contribution in [3.05, 3.63) is 83.9 Å². The van der Waals surface area contributed by atoms with Gasteiger partial charge in [-0.15, -0.1) is 0 Å². The average Bonchev–Trinajstić information content (AvgIpc) is 2.90. The Morgan fingerprint density at radius 1 is 0.720 bits per heavy atom. The van der Waals surface area contributed by atoms with E-state index in [1.807, 2.05) is 72.8 Å². The third-order valence-electron chi connectivity index (χ3n) is 3.98. The highest BCUT2D eigenvalue weighted by molar-refractivity contribution is 7.80. The van der Waals surface area contributed by atoms with Crippen molar-refractivity contribution in [2.75, 3.05) is 10.6 Å². The van der Waals surface area contributed by atoms with Gasteiger partial charge in [-0.3, -0.25) is 4.79 Å². The highest BCUT2D eigenvalue weighted by atomic mass is 32.1. The Labute approximate surface area is 150 Å². The van der Waals surface area contributed by atoms with Gasteiger partial charge in [0.25, 0.3) is 5.91 Å². The standard InChI is InChI=1S/C20H15N3OS/c24-19-15-11-17(21-13-7-3-1-4-8-13)18(12-16(15)20(25)23-19)22-14-9-5-2-6-10-14/h1-12,21-22H,(H,23,24,25). The molecule has 0 spiro atoms. The summed E-state index contributed by atoms with van der Waals surface area (Å²) in [6.45, 7) is 0. The van der Waals surface area contributed by atoms with Crippen molar-refractivity contribution in [1.82, 2.24) is 5.32 Å². The number of benzene rings is 3. The quantitative estimate of drug-likeness (QED) is 0.605. The zero-order valence-corrected chi connectivity index (χ0v) is 14.1. The monoisotopic (exact) mass is 345 g/mol. The van der Waals surface area contributed by atoms with Gasteiger partial charge in [0.15, 0.2) is 0 Å². The number of hydrogen-bond acceptors (Lipinski definition) is 4. The lowest BCUT2D eigenvalue weighted by Gasteiger charge is -2.15. The Morgan fingerprint density at radius 3 is 1.72 bits per heavy atom. The number of amides is 1. The third-order valence-corrected chi connectivity index (χ3v) is 4.30. The molecule has 1 aliphatic rings. The van der Waals surface area contributed by atoms with Crippen LogP contribution in [0.1, 0.15) is 15.9 Å². The van der Waals surface area contributed by atoms with Gasteiger partial charge in [-0.2, -0.15) is 0 Å². The van der Waals surface area contributed by atoms with E-state index in [0.29, 0.717) is 10.6 Å². The summed E-state index contributed by atoms with van der Waals surface area (Å²) in [5.41, 5.74) is 4.90. The van der Waals surface area contributed by atoms with E-state index >= 15 is 0 Å². The van der Waals surface area contributed by atoms with Crippen LogP contribution in [-0.4, -0.2) is 10.9 Å². The fraction of sp³-hybridized carbons (Fsp3) is 0. The van der Waals surface area contributed by atoms with Crippen LogP contribution in [0.25, 0.3) is 0 Å². The Kier molecular flexibility index (Phi) is 3.91. The lowest BCUT2D eigenvalue weighted by atomic mass is 10.1. The minimum Gasteiger partial charge on any atom is -0.354 e. The molecule has 0 saturated carbocycles. The molecule has 0 saturated heterocycles. The molecule has 0 aromatic heterocycles. The van der Waals surface area contributed by atoms with Crippen LogP contribution in [-0.2, 0) is 0 Å². The molecule has 0 atom stereocenters. The van der Waals surface area contributed by atoms with Crippen molar-refractivity contribution in [2.24, 2.45) is 0 Å². The van der Waals surface area contributed by atoms with E-state index in [2.05, 4.69) is 16.0 Å². The van der Waals surface area contributed by atoms with Crippen LogP contribution in [0.4, 0.5) is 22.7 Å². The van der Waals surface area contributed by atoms with Crippen molar-refractivity contribution in [2.45, 2.75) is 0 Å². The number of carbonyl (C=O) groups is 1. The molecular formula is C20H15N3OS. The fourth-order valence-corrected chi connectivity index (χ4v) is 3.04. The predicted octanol–water partition coefficient (Wildman–Crippen LogP) is 4.59. The van der Waals surface area contributed by atoms with E-state index in [9.17, 15) is 4.79 Å². The number of carbonyl (C=O) groups excluding carboxylic acids is 1. The van der Waals surface area contributed by atoms with Crippen molar-refractivity contribution < 1.29 is 4.79 Å². The van der Waals surface area contributed by atoms with Crippen molar-refractivity contribution >= 4 is 45.9 Å². The molecule has 0 bridgehead atoms. The molecule has 0 aliphatic carbocycles. The van der Waals surface area contributed by atoms with Crippen molar-refractivity contribution in [1.29, 1.82) is 0 Å². The van der Waals surface area contributed by atoms with Gasteiger partial charge in [0.1, 0.15) is 4.99 Å². The lowest BCUT2D eigenvalue weighted by molar-refractivity contribution is 0.0984. The maximum atomic E-state index is 12.1. The molecule has 122 valence electrons. The molecule has 1 amide bonds. The predicted molar refractivity (Wildman–Crippen MR) is 105 cm³/mol. The molecule has 1 aliphatic heterocycles.